The Morgan fingerprint density at radius 3 is 2.87 bits per heavy atom. The zero-order chi connectivity index (χ0) is 15.6. The number of hydrogen-bond donors (Lipinski definition) is 0. The van der Waals surface area contributed by atoms with Crippen LogP contribution in [0.15, 0.2) is 42.7 Å². The number of rotatable bonds is 3. The Kier molecular flexibility index (Phi) is 3.49. The van der Waals surface area contributed by atoms with Gasteiger partial charge in [-0.2, -0.15) is 0 Å². The number of carbonyl (C=O) groups is 1. The van der Waals surface area contributed by atoms with Crippen LogP contribution in [-0.2, 0) is 11.3 Å². The van der Waals surface area contributed by atoms with Gasteiger partial charge in [-0.3, -0.25) is 9.78 Å². The molecule has 23 heavy (non-hydrogen) atoms. The van der Waals surface area contributed by atoms with Gasteiger partial charge < -0.3 is 4.90 Å². The Labute approximate surface area is 133 Å². The van der Waals surface area contributed by atoms with Crippen LogP contribution in [0.4, 0.5) is 0 Å². The maximum Gasteiger partial charge on any atom is 0.244 e. The van der Waals surface area contributed by atoms with Crippen molar-refractivity contribution in [3.63, 3.8) is 0 Å². The molecule has 0 spiro atoms. The monoisotopic (exact) mass is 307 g/mol. The summed E-state index contributed by atoms with van der Waals surface area (Å²) in [5.74, 6) is 0.107. The van der Waals surface area contributed by atoms with Crippen molar-refractivity contribution in [1.29, 1.82) is 0 Å². The number of likely N-dealkylation sites (tertiary alicyclic amines) is 1. The van der Waals surface area contributed by atoms with E-state index in [1.165, 1.54) is 0 Å². The molecule has 6 heteroatoms. The molecule has 0 atom stereocenters. The summed E-state index contributed by atoms with van der Waals surface area (Å²) in [4.78, 5) is 18.5. The van der Waals surface area contributed by atoms with Crippen molar-refractivity contribution in [2.24, 2.45) is 0 Å². The molecule has 0 saturated carbocycles. The summed E-state index contributed by atoms with van der Waals surface area (Å²) in [7, 11) is 0. The third-order valence-corrected chi connectivity index (χ3v) is 4.18. The molecule has 116 valence electrons. The molecule has 2 aromatic heterocycles. The molecule has 4 rings (SSSR count). The van der Waals surface area contributed by atoms with Crippen LogP contribution in [0.1, 0.15) is 12.8 Å². The molecule has 3 heterocycles. The van der Waals surface area contributed by atoms with E-state index in [0.29, 0.717) is 0 Å². The summed E-state index contributed by atoms with van der Waals surface area (Å²) in [5.41, 5.74) is 2.59. The van der Waals surface area contributed by atoms with Crippen LogP contribution >= 0.6 is 0 Å². The van der Waals surface area contributed by atoms with E-state index in [0.717, 1.165) is 48.1 Å². The van der Waals surface area contributed by atoms with Crippen LogP contribution in [0.2, 0.25) is 0 Å². The Balaban J connectivity index is 1.55. The van der Waals surface area contributed by atoms with E-state index >= 15 is 0 Å². The van der Waals surface area contributed by atoms with Crippen LogP contribution in [-0.4, -0.2) is 43.9 Å². The van der Waals surface area contributed by atoms with Gasteiger partial charge in [-0.15, -0.1) is 5.10 Å². The standard InChI is InChI=1S/C17H17N5O/c23-17(21-7-3-4-8-21)12-22-11-16(19-20-22)14-9-13-5-1-2-6-15(13)18-10-14/h1-2,5-6,9-11H,3-4,7-8,12H2. The lowest BCUT2D eigenvalue weighted by atomic mass is 10.1. The molecule has 0 aliphatic carbocycles. The second-order valence-corrected chi connectivity index (χ2v) is 5.81. The van der Waals surface area contributed by atoms with E-state index in [1.807, 2.05) is 35.2 Å². The molecule has 1 aliphatic rings. The van der Waals surface area contributed by atoms with Gasteiger partial charge in [0.05, 0.1) is 11.7 Å². The second kappa shape index (κ2) is 5.79. The first-order valence-electron chi connectivity index (χ1n) is 7.83. The van der Waals surface area contributed by atoms with Crippen molar-refractivity contribution in [2.75, 3.05) is 13.1 Å². The Hall–Kier alpha value is -2.76. The number of para-hydroxylation sites is 1. The van der Waals surface area contributed by atoms with Crippen LogP contribution < -0.4 is 0 Å². The molecule has 1 aliphatic heterocycles. The highest BCUT2D eigenvalue weighted by atomic mass is 16.2. The molecule has 0 radical (unpaired) electrons. The van der Waals surface area contributed by atoms with Gasteiger partial charge in [0, 0.05) is 30.2 Å². The second-order valence-electron chi connectivity index (χ2n) is 5.81. The molecule has 0 bridgehead atoms. The lowest BCUT2D eigenvalue weighted by Gasteiger charge is -2.14. The lowest BCUT2D eigenvalue weighted by Crippen LogP contribution is -2.31. The van der Waals surface area contributed by atoms with Crippen molar-refractivity contribution in [3.8, 4) is 11.3 Å². The average molecular weight is 307 g/mol. The summed E-state index contributed by atoms with van der Waals surface area (Å²) < 4.78 is 1.60. The van der Waals surface area contributed by atoms with Gasteiger partial charge >= 0.3 is 0 Å². The van der Waals surface area contributed by atoms with E-state index in [9.17, 15) is 4.79 Å². The topological polar surface area (TPSA) is 63.9 Å². The minimum atomic E-state index is 0.107. The van der Waals surface area contributed by atoms with Crippen molar-refractivity contribution in [2.45, 2.75) is 19.4 Å². The SMILES string of the molecule is O=C(Cn1cc(-c2cnc3ccccc3c2)nn1)N1CCCC1. The summed E-state index contributed by atoms with van der Waals surface area (Å²) in [6, 6.07) is 9.99. The van der Waals surface area contributed by atoms with E-state index < -0.39 is 0 Å². The van der Waals surface area contributed by atoms with Crippen molar-refractivity contribution >= 4 is 16.8 Å². The highest BCUT2D eigenvalue weighted by Crippen LogP contribution is 2.20. The molecule has 1 amide bonds. The highest BCUT2D eigenvalue weighted by molar-refractivity contribution is 5.82. The molecular weight excluding hydrogens is 290 g/mol. The number of amides is 1. The third-order valence-electron chi connectivity index (χ3n) is 4.18. The smallest absolute Gasteiger partial charge is 0.244 e. The van der Waals surface area contributed by atoms with Gasteiger partial charge in [0.2, 0.25) is 5.91 Å². The first-order valence-corrected chi connectivity index (χ1v) is 7.83. The number of carbonyl (C=O) groups excluding carboxylic acids is 1. The van der Waals surface area contributed by atoms with Gasteiger partial charge in [0.25, 0.3) is 0 Å². The van der Waals surface area contributed by atoms with Crippen LogP contribution in [0.25, 0.3) is 22.2 Å². The minimum Gasteiger partial charge on any atom is -0.341 e. The quantitative estimate of drug-likeness (QED) is 0.743. The average Bonchev–Trinajstić information content (AvgIpc) is 3.26. The van der Waals surface area contributed by atoms with Crippen LogP contribution in [0.5, 0.6) is 0 Å². The number of benzene rings is 1. The fraction of sp³-hybridized carbons (Fsp3) is 0.294. The van der Waals surface area contributed by atoms with Crippen molar-refractivity contribution in [1.82, 2.24) is 24.9 Å². The molecule has 3 aromatic rings. The highest BCUT2D eigenvalue weighted by Gasteiger charge is 2.18. The molecule has 6 nitrogen and oxygen atoms in total. The minimum absolute atomic E-state index is 0.107. The number of fused-ring (bicyclic) bond motifs is 1. The molecular formula is C17H17N5O. The lowest BCUT2D eigenvalue weighted by molar-refractivity contribution is -0.130. The number of nitrogens with zero attached hydrogens (tertiary/aromatic N) is 5. The zero-order valence-corrected chi connectivity index (χ0v) is 12.7. The van der Waals surface area contributed by atoms with Crippen LogP contribution in [0.3, 0.4) is 0 Å². The first kappa shape index (κ1) is 13.9. The molecule has 1 fully saturated rings. The number of aromatic nitrogens is 4. The largest absolute Gasteiger partial charge is 0.341 e. The molecule has 0 unspecified atom stereocenters. The third kappa shape index (κ3) is 2.79. The van der Waals surface area contributed by atoms with Gasteiger partial charge in [-0.1, -0.05) is 23.4 Å². The number of hydrogen-bond acceptors (Lipinski definition) is 4. The summed E-state index contributed by atoms with van der Waals surface area (Å²) in [6.07, 6.45) is 5.78. The summed E-state index contributed by atoms with van der Waals surface area (Å²) >= 11 is 0. The fourth-order valence-corrected chi connectivity index (χ4v) is 2.92. The predicted molar refractivity (Wildman–Crippen MR) is 86.6 cm³/mol. The Bertz CT molecular complexity index is 851. The van der Waals surface area contributed by atoms with E-state index in [2.05, 4.69) is 15.3 Å². The normalized spacial score (nSPS) is 14.5. The predicted octanol–water partition coefficient (Wildman–Crippen LogP) is 2.12. The van der Waals surface area contributed by atoms with E-state index in [4.69, 9.17) is 0 Å². The first-order chi connectivity index (χ1) is 11.3. The maximum atomic E-state index is 12.2. The summed E-state index contributed by atoms with van der Waals surface area (Å²) in [6.45, 7) is 1.96. The van der Waals surface area contributed by atoms with Crippen molar-refractivity contribution in [3.05, 3.63) is 42.7 Å². The van der Waals surface area contributed by atoms with E-state index in [1.54, 1.807) is 17.1 Å². The van der Waals surface area contributed by atoms with Gasteiger partial charge in [-0.25, -0.2) is 4.68 Å². The maximum absolute atomic E-state index is 12.2. The van der Waals surface area contributed by atoms with Gasteiger partial charge in [-0.05, 0) is 25.0 Å². The molecule has 1 saturated heterocycles. The fourth-order valence-electron chi connectivity index (χ4n) is 2.92. The van der Waals surface area contributed by atoms with E-state index in [-0.39, 0.29) is 12.5 Å². The molecule has 0 N–H and O–H groups in total. The summed E-state index contributed by atoms with van der Waals surface area (Å²) in [5, 5.41) is 9.31. The van der Waals surface area contributed by atoms with Crippen molar-refractivity contribution < 1.29 is 4.79 Å². The molecule has 1 aromatic carbocycles. The zero-order valence-electron chi connectivity index (χ0n) is 12.7. The van der Waals surface area contributed by atoms with Gasteiger partial charge in [0.15, 0.2) is 0 Å². The Morgan fingerprint density at radius 1 is 1.17 bits per heavy atom. The van der Waals surface area contributed by atoms with Crippen LogP contribution in [0, 0.1) is 0 Å². The van der Waals surface area contributed by atoms with Gasteiger partial charge in [0.1, 0.15) is 12.2 Å². The number of pyridine rings is 1. The Morgan fingerprint density at radius 2 is 2.00 bits per heavy atom.